The zero-order valence-corrected chi connectivity index (χ0v) is 13.0. The first kappa shape index (κ1) is 15.3. The molecule has 0 unspecified atom stereocenters. The Morgan fingerprint density at radius 1 is 1.33 bits per heavy atom. The Balaban J connectivity index is 2.11. The number of aryl methyl sites for hydroxylation is 1. The molecular weight excluding hydrogens is 337 g/mol. The van der Waals surface area contributed by atoms with E-state index in [-0.39, 0.29) is 5.84 Å². The summed E-state index contributed by atoms with van der Waals surface area (Å²) < 4.78 is 14.9. The van der Waals surface area contributed by atoms with Crippen molar-refractivity contribution in [3.05, 3.63) is 63.4 Å². The van der Waals surface area contributed by atoms with Crippen LogP contribution >= 0.6 is 15.9 Å². The minimum Gasteiger partial charge on any atom is -0.409 e. The van der Waals surface area contributed by atoms with Crippen molar-refractivity contribution in [3.8, 4) is 0 Å². The molecule has 6 heteroatoms. The van der Waals surface area contributed by atoms with Crippen LogP contribution in [0.2, 0.25) is 0 Å². The zero-order valence-electron chi connectivity index (χ0n) is 11.4. The fourth-order valence-electron chi connectivity index (χ4n) is 1.81. The summed E-state index contributed by atoms with van der Waals surface area (Å²) in [5.41, 5.74) is 8.30. The van der Waals surface area contributed by atoms with Crippen molar-refractivity contribution in [2.24, 2.45) is 10.9 Å². The van der Waals surface area contributed by atoms with E-state index in [2.05, 4.69) is 26.4 Å². The van der Waals surface area contributed by atoms with Crippen LogP contribution in [0.25, 0.3) is 0 Å². The summed E-state index contributed by atoms with van der Waals surface area (Å²) in [6.45, 7) is 2.34. The molecule has 0 bridgehead atoms. The van der Waals surface area contributed by atoms with Gasteiger partial charge in [0.25, 0.3) is 0 Å². The molecule has 0 atom stereocenters. The van der Waals surface area contributed by atoms with Gasteiger partial charge >= 0.3 is 0 Å². The molecule has 110 valence electrons. The van der Waals surface area contributed by atoms with Crippen molar-refractivity contribution >= 4 is 27.5 Å². The Labute approximate surface area is 130 Å². The third-order valence-corrected chi connectivity index (χ3v) is 3.97. The summed E-state index contributed by atoms with van der Waals surface area (Å²) >= 11 is 3.46. The van der Waals surface area contributed by atoms with Crippen LogP contribution in [0.5, 0.6) is 0 Å². The van der Waals surface area contributed by atoms with Gasteiger partial charge in [0.2, 0.25) is 0 Å². The molecule has 4 N–H and O–H groups in total. The Hall–Kier alpha value is -2.08. The topological polar surface area (TPSA) is 70.6 Å². The number of nitrogens with one attached hydrogen (secondary N) is 1. The molecular formula is C15H15BrFN3O. The average molecular weight is 352 g/mol. The molecule has 0 saturated heterocycles. The number of anilines is 1. The molecule has 21 heavy (non-hydrogen) atoms. The van der Waals surface area contributed by atoms with Gasteiger partial charge in [-0.2, -0.15) is 0 Å². The Morgan fingerprint density at radius 3 is 2.71 bits per heavy atom. The second-order valence-electron chi connectivity index (χ2n) is 4.61. The van der Waals surface area contributed by atoms with Crippen molar-refractivity contribution in [3.63, 3.8) is 0 Å². The summed E-state index contributed by atoms with van der Waals surface area (Å²) in [4.78, 5) is 0. The van der Waals surface area contributed by atoms with Gasteiger partial charge in [0.15, 0.2) is 5.84 Å². The monoisotopic (exact) mass is 351 g/mol. The van der Waals surface area contributed by atoms with E-state index in [1.807, 2.05) is 25.1 Å². The third kappa shape index (κ3) is 3.72. The lowest BCUT2D eigenvalue weighted by Crippen LogP contribution is -2.14. The predicted molar refractivity (Wildman–Crippen MR) is 85.1 cm³/mol. The number of hydrogen-bond acceptors (Lipinski definition) is 3. The smallest absolute Gasteiger partial charge is 0.170 e. The lowest BCUT2D eigenvalue weighted by atomic mass is 10.1. The summed E-state index contributed by atoms with van der Waals surface area (Å²) in [6, 6.07) is 10.3. The maximum atomic E-state index is 14.0. The maximum absolute atomic E-state index is 14.0. The number of nitrogens with zero attached hydrogens (tertiary/aromatic N) is 1. The fourth-order valence-corrected chi connectivity index (χ4v) is 2.19. The number of nitrogens with two attached hydrogens (primary N) is 1. The first-order chi connectivity index (χ1) is 10.0. The van der Waals surface area contributed by atoms with Gasteiger partial charge in [-0.1, -0.05) is 39.3 Å². The minimum absolute atomic E-state index is 0.115. The van der Waals surface area contributed by atoms with Crippen LogP contribution in [-0.2, 0) is 6.54 Å². The number of rotatable bonds is 4. The highest BCUT2D eigenvalue weighted by Crippen LogP contribution is 2.21. The highest BCUT2D eigenvalue weighted by molar-refractivity contribution is 9.10. The van der Waals surface area contributed by atoms with Crippen molar-refractivity contribution in [2.75, 3.05) is 5.32 Å². The van der Waals surface area contributed by atoms with Gasteiger partial charge in [-0.3, -0.25) is 0 Å². The van der Waals surface area contributed by atoms with E-state index in [1.54, 1.807) is 12.1 Å². The third-order valence-electron chi connectivity index (χ3n) is 3.11. The Kier molecular flexibility index (Phi) is 4.80. The first-order valence-corrected chi connectivity index (χ1v) is 7.07. The van der Waals surface area contributed by atoms with E-state index < -0.39 is 5.82 Å². The van der Waals surface area contributed by atoms with E-state index in [9.17, 15) is 4.39 Å². The average Bonchev–Trinajstić information content (AvgIpc) is 2.48. The second-order valence-corrected chi connectivity index (χ2v) is 5.46. The molecule has 2 rings (SSSR count). The number of benzene rings is 2. The molecule has 0 amide bonds. The van der Waals surface area contributed by atoms with Crippen molar-refractivity contribution < 1.29 is 9.60 Å². The van der Waals surface area contributed by atoms with Crippen molar-refractivity contribution in [2.45, 2.75) is 13.5 Å². The van der Waals surface area contributed by atoms with Gasteiger partial charge in [0.1, 0.15) is 5.82 Å². The standard InChI is InChI=1S/C15H15BrFN3O/c1-9-2-5-12(7-13(9)16)19-8-11-4-3-10(6-14(11)17)15(18)20-21/h2-7,19,21H,8H2,1H3,(H2,18,20). The molecule has 0 aromatic heterocycles. The molecule has 2 aromatic rings. The summed E-state index contributed by atoms with van der Waals surface area (Å²) in [7, 11) is 0. The minimum atomic E-state index is -0.405. The Bertz CT molecular complexity index is 689. The fraction of sp³-hybridized carbons (Fsp3) is 0.133. The molecule has 0 aliphatic carbocycles. The van der Waals surface area contributed by atoms with Crippen LogP contribution in [0.3, 0.4) is 0 Å². The van der Waals surface area contributed by atoms with Gasteiger partial charge < -0.3 is 16.3 Å². The van der Waals surface area contributed by atoms with Crippen molar-refractivity contribution in [1.29, 1.82) is 0 Å². The molecule has 0 fully saturated rings. The Morgan fingerprint density at radius 2 is 2.10 bits per heavy atom. The van der Waals surface area contributed by atoms with Crippen molar-refractivity contribution in [1.82, 2.24) is 0 Å². The van der Waals surface area contributed by atoms with Crippen LogP contribution in [0.4, 0.5) is 10.1 Å². The van der Waals surface area contributed by atoms with Gasteiger partial charge in [-0.05, 0) is 30.7 Å². The number of halogens is 2. The van der Waals surface area contributed by atoms with Gasteiger partial charge in [0.05, 0.1) is 0 Å². The molecule has 2 aromatic carbocycles. The molecule has 4 nitrogen and oxygen atoms in total. The van der Waals surface area contributed by atoms with Crippen LogP contribution in [0.15, 0.2) is 46.0 Å². The van der Waals surface area contributed by atoms with Gasteiger partial charge in [-0.15, -0.1) is 0 Å². The lowest BCUT2D eigenvalue weighted by Gasteiger charge is -2.10. The normalized spacial score (nSPS) is 11.5. The zero-order chi connectivity index (χ0) is 15.4. The van der Waals surface area contributed by atoms with Crippen LogP contribution < -0.4 is 11.1 Å². The maximum Gasteiger partial charge on any atom is 0.170 e. The van der Waals surface area contributed by atoms with E-state index in [0.717, 1.165) is 15.7 Å². The van der Waals surface area contributed by atoms with E-state index in [4.69, 9.17) is 10.9 Å². The first-order valence-electron chi connectivity index (χ1n) is 6.27. The SMILES string of the molecule is Cc1ccc(NCc2ccc(C(N)=NO)cc2F)cc1Br. The van der Waals surface area contributed by atoms with E-state index >= 15 is 0 Å². The quantitative estimate of drug-likeness (QED) is 0.341. The van der Waals surface area contributed by atoms with Crippen LogP contribution in [0, 0.1) is 12.7 Å². The van der Waals surface area contributed by atoms with E-state index in [0.29, 0.717) is 17.7 Å². The molecule has 0 radical (unpaired) electrons. The molecule has 0 saturated carbocycles. The number of oxime groups is 1. The largest absolute Gasteiger partial charge is 0.409 e. The molecule has 0 spiro atoms. The number of amidine groups is 1. The van der Waals surface area contributed by atoms with Crippen LogP contribution in [0.1, 0.15) is 16.7 Å². The summed E-state index contributed by atoms with van der Waals surface area (Å²) in [5.74, 6) is -0.520. The number of hydrogen-bond donors (Lipinski definition) is 3. The highest BCUT2D eigenvalue weighted by atomic mass is 79.9. The lowest BCUT2D eigenvalue weighted by molar-refractivity contribution is 0.318. The van der Waals surface area contributed by atoms with Gasteiger partial charge in [0, 0.05) is 27.8 Å². The van der Waals surface area contributed by atoms with E-state index in [1.165, 1.54) is 6.07 Å². The molecule has 0 heterocycles. The molecule has 0 aliphatic heterocycles. The second kappa shape index (κ2) is 6.58. The summed E-state index contributed by atoms with van der Waals surface area (Å²) in [5, 5.41) is 14.6. The highest BCUT2D eigenvalue weighted by Gasteiger charge is 2.07. The molecule has 0 aliphatic rings. The predicted octanol–water partition coefficient (Wildman–Crippen LogP) is 3.60. The van der Waals surface area contributed by atoms with Crippen LogP contribution in [-0.4, -0.2) is 11.0 Å². The summed E-state index contributed by atoms with van der Waals surface area (Å²) in [6.07, 6.45) is 0. The van der Waals surface area contributed by atoms with Gasteiger partial charge in [-0.25, -0.2) is 4.39 Å².